The zero-order valence-corrected chi connectivity index (χ0v) is 10.6. The molecule has 0 spiro atoms. The SMILES string of the molecule is Cc1csc(NS(=O)(=O)c2[nH]ncc2CN)n1. The summed E-state index contributed by atoms with van der Waals surface area (Å²) in [7, 11) is -3.70. The second kappa shape index (κ2) is 4.43. The van der Waals surface area contributed by atoms with Gasteiger partial charge in [0.15, 0.2) is 10.2 Å². The number of aromatic amines is 1. The third-order valence-electron chi connectivity index (χ3n) is 2.01. The minimum absolute atomic E-state index is 0.0205. The Bertz CT molecular complexity index is 615. The van der Waals surface area contributed by atoms with Crippen LogP contribution in [-0.2, 0) is 16.6 Å². The highest BCUT2D eigenvalue weighted by Gasteiger charge is 2.21. The van der Waals surface area contributed by atoms with E-state index in [0.29, 0.717) is 10.7 Å². The summed E-state index contributed by atoms with van der Waals surface area (Å²) in [6.07, 6.45) is 1.39. The van der Waals surface area contributed by atoms with Crippen LogP contribution >= 0.6 is 11.3 Å². The average molecular weight is 273 g/mol. The molecule has 2 rings (SSSR count). The zero-order chi connectivity index (χ0) is 12.5. The molecule has 17 heavy (non-hydrogen) atoms. The van der Waals surface area contributed by atoms with Crippen LogP contribution in [0.2, 0.25) is 0 Å². The summed E-state index contributed by atoms with van der Waals surface area (Å²) in [6, 6.07) is 0. The third kappa shape index (κ3) is 2.46. The van der Waals surface area contributed by atoms with Crippen LogP contribution in [0.3, 0.4) is 0 Å². The normalized spacial score (nSPS) is 11.6. The van der Waals surface area contributed by atoms with Crippen molar-refractivity contribution in [3.05, 3.63) is 22.8 Å². The van der Waals surface area contributed by atoms with Crippen molar-refractivity contribution in [1.82, 2.24) is 15.2 Å². The number of nitrogens with two attached hydrogens (primary N) is 1. The van der Waals surface area contributed by atoms with Gasteiger partial charge >= 0.3 is 0 Å². The van der Waals surface area contributed by atoms with E-state index in [-0.39, 0.29) is 11.6 Å². The summed E-state index contributed by atoms with van der Waals surface area (Å²) in [5, 5.41) is 8.14. The molecular weight excluding hydrogens is 262 g/mol. The molecule has 9 heteroatoms. The second-order valence-corrected chi connectivity index (χ2v) is 5.81. The lowest BCUT2D eigenvalue weighted by molar-refractivity contribution is 0.596. The Labute approximate surface area is 102 Å². The van der Waals surface area contributed by atoms with E-state index in [9.17, 15) is 8.42 Å². The maximum absolute atomic E-state index is 12.0. The first-order chi connectivity index (χ1) is 8.03. The zero-order valence-electron chi connectivity index (χ0n) is 8.97. The Morgan fingerprint density at radius 3 is 2.94 bits per heavy atom. The molecule has 0 bridgehead atoms. The van der Waals surface area contributed by atoms with Crippen molar-refractivity contribution in [2.24, 2.45) is 5.73 Å². The molecule has 92 valence electrons. The predicted molar refractivity (Wildman–Crippen MR) is 64.1 cm³/mol. The topological polar surface area (TPSA) is 114 Å². The summed E-state index contributed by atoms with van der Waals surface area (Å²) >= 11 is 1.22. The maximum atomic E-state index is 12.0. The molecule has 0 aliphatic carbocycles. The molecule has 0 saturated carbocycles. The fourth-order valence-corrected chi connectivity index (χ4v) is 3.33. The van der Waals surface area contributed by atoms with Crippen molar-refractivity contribution in [2.75, 3.05) is 4.72 Å². The van der Waals surface area contributed by atoms with Crippen molar-refractivity contribution in [3.8, 4) is 0 Å². The van der Waals surface area contributed by atoms with E-state index in [1.807, 2.05) is 0 Å². The van der Waals surface area contributed by atoms with Crippen LogP contribution in [-0.4, -0.2) is 23.6 Å². The number of anilines is 1. The summed E-state index contributed by atoms with van der Waals surface area (Å²) < 4.78 is 26.3. The van der Waals surface area contributed by atoms with E-state index in [1.54, 1.807) is 12.3 Å². The van der Waals surface area contributed by atoms with Crippen molar-refractivity contribution in [1.29, 1.82) is 0 Å². The second-order valence-electron chi connectivity index (χ2n) is 3.33. The molecule has 0 radical (unpaired) electrons. The van der Waals surface area contributed by atoms with E-state index in [4.69, 9.17) is 5.73 Å². The molecule has 2 heterocycles. The number of H-pyrrole nitrogens is 1. The highest BCUT2D eigenvalue weighted by atomic mass is 32.2. The number of hydrogen-bond donors (Lipinski definition) is 3. The van der Waals surface area contributed by atoms with Crippen molar-refractivity contribution in [2.45, 2.75) is 18.5 Å². The van der Waals surface area contributed by atoms with Crippen molar-refractivity contribution >= 4 is 26.5 Å². The highest BCUT2D eigenvalue weighted by Crippen LogP contribution is 2.20. The molecule has 2 aromatic heterocycles. The number of hydrogen-bond acceptors (Lipinski definition) is 6. The standard InChI is InChI=1S/C8H11N5O2S2/c1-5-4-16-8(11-5)13-17(14,15)7-6(2-9)3-10-12-7/h3-4H,2,9H2,1H3,(H,10,12)(H,11,13). The van der Waals surface area contributed by atoms with Crippen LogP contribution in [0, 0.1) is 6.92 Å². The van der Waals surface area contributed by atoms with Gasteiger partial charge in [0.2, 0.25) is 0 Å². The first kappa shape index (κ1) is 12.0. The lowest BCUT2D eigenvalue weighted by Gasteiger charge is -2.04. The molecular formula is C8H11N5O2S2. The fourth-order valence-electron chi connectivity index (χ4n) is 1.24. The molecule has 0 amide bonds. The van der Waals surface area contributed by atoms with E-state index in [1.165, 1.54) is 17.5 Å². The number of sulfonamides is 1. The highest BCUT2D eigenvalue weighted by molar-refractivity contribution is 7.92. The van der Waals surface area contributed by atoms with Crippen LogP contribution < -0.4 is 10.5 Å². The predicted octanol–water partition coefficient (Wildman–Crippen LogP) is 0.434. The Hall–Kier alpha value is -1.45. The quantitative estimate of drug-likeness (QED) is 0.747. The first-order valence-corrected chi connectivity index (χ1v) is 7.06. The molecule has 0 fully saturated rings. The van der Waals surface area contributed by atoms with Crippen LogP contribution in [0.4, 0.5) is 5.13 Å². The Balaban J connectivity index is 2.31. The fraction of sp³-hybridized carbons (Fsp3) is 0.250. The number of nitrogens with one attached hydrogen (secondary N) is 2. The van der Waals surface area contributed by atoms with E-state index >= 15 is 0 Å². The summed E-state index contributed by atoms with van der Waals surface area (Å²) in [4.78, 5) is 4.02. The Morgan fingerprint density at radius 1 is 1.59 bits per heavy atom. The number of nitrogens with zero attached hydrogens (tertiary/aromatic N) is 2. The maximum Gasteiger partial charge on any atom is 0.280 e. The van der Waals surface area contributed by atoms with Crippen LogP contribution in [0.15, 0.2) is 16.6 Å². The van der Waals surface area contributed by atoms with Crippen LogP contribution in [0.25, 0.3) is 0 Å². The molecule has 4 N–H and O–H groups in total. The number of aryl methyl sites for hydroxylation is 1. The minimum Gasteiger partial charge on any atom is -0.326 e. The lowest BCUT2D eigenvalue weighted by atomic mass is 10.4. The van der Waals surface area contributed by atoms with Gasteiger partial charge in [0.25, 0.3) is 10.0 Å². The smallest absolute Gasteiger partial charge is 0.280 e. The summed E-state index contributed by atoms with van der Waals surface area (Å²) in [5.74, 6) is 0. The van der Waals surface area contributed by atoms with Gasteiger partial charge in [-0.25, -0.2) is 4.98 Å². The van der Waals surface area contributed by atoms with Gasteiger partial charge in [0, 0.05) is 17.5 Å². The van der Waals surface area contributed by atoms with E-state index in [2.05, 4.69) is 19.9 Å². The number of aromatic nitrogens is 3. The van der Waals surface area contributed by atoms with Gasteiger partial charge in [-0.2, -0.15) is 13.5 Å². The van der Waals surface area contributed by atoms with Gasteiger partial charge in [0.1, 0.15) is 0 Å². The molecule has 0 aliphatic heterocycles. The number of thiazole rings is 1. The molecule has 7 nitrogen and oxygen atoms in total. The van der Waals surface area contributed by atoms with Gasteiger partial charge in [-0.3, -0.25) is 9.82 Å². The van der Waals surface area contributed by atoms with Gasteiger partial charge < -0.3 is 5.73 Å². The van der Waals surface area contributed by atoms with Gasteiger partial charge in [-0.05, 0) is 6.92 Å². The minimum atomic E-state index is -3.70. The largest absolute Gasteiger partial charge is 0.326 e. The van der Waals surface area contributed by atoms with E-state index in [0.717, 1.165) is 5.69 Å². The van der Waals surface area contributed by atoms with Crippen LogP contribution in [0.5, 0.6) is 0 Å². The number of rotatable bonds is 4. The van der Waals surface area contributed by atoms with Crippen LogP contribution in [0.1, 0.15) is 11.3 Å². The van der Waals surface area contributed by atoms with Gasteiger partial charge in [0.05, 0.1) is 11.9 Å². The van der Waals surface area contributed by atoms with Gasteiger partial charge in [-0.15, -0.1) is 11.3 Å². The van der Waals surface area contributed by atoms with Crippen molar-refractivity contribution in [3.63, 3.8) is 0 Å². The average Bonchev–Trinajstić information content (AvgIpc) is 2.86. The molecule has 0 unspecified atom stereocenters. The Morgan fingerprint density at radius 2 is 2.35 bits per heavy atom. The van der Waals surface area contributed by atoms with E-state index < -0.39 is 10.0 Å². The third-order valence-corrected chi connectivity index (χ3v) is 4.37. The molecule has 2 aromatic rings. The summed E-state index contributed by atoms with van der Waals surface area (Å²) in [5.41, 5.74) is 6.62. The monoisotopic (exact) mass is 273 g/mol. The molecule has 0 aromatic carbocycles. The molecule has 0 saturated heterocycles. The lowest BCUT2D eigenvalue weighted by Crippen LogP contribution is -2.16. The van der Waals surface area contributed by atoms with Gasteiger partial charge in [-0.1, -0.05) is 0 Å². The molecule has 0 atom stereocenters. The first-order valence-electron chi connectivity index (χ1n) is 4.70. The molecule has 0 aliphatic rings. The summed E-state index contributed by atoms with van der Waals surface area (Å²) in [6.45, 7) is 1.89. The Kier molecular flexibility index (Phi) is 3.13. The van der Waals surface area contributed by atoms with Crippen molar-refractivity contribution < 1.29 is 8.42 Å².